The second-order valence-corrected chi connectivity index (χ2v) is 7.43. The van der Waals surface area contributed by atoms with Gasteiger partial charge in [-0.1, -0.05) is 18.2 Å². The van der Waals surface area contributed by atoms with Crippen molar-refractivity contribution < 1.29 is 4.79 Å². The molecule has 4 rings (SSSR count). The Morgan fingerprint density at radius 1 is 0.968 bits per heavy atom. The van der Waals surface area contributed by atoms with Crippen LogP contribution in [0.25, 0.3) is 10.9 Å². The van der Waals surface area contributed by atoms with Crippen molar-refractivity contribution in [3.05, 3.63) is 101 Å². The van der Waals surface area contributed by atoms with Gasteiger partial charge in [-0.25, -0.2) is 4.98 Å². The Hall–Kier alpha value is -3.87. The van der Waals surface area contributed by atoms with Crippen LogP contribution in [-0.4, -0.2) is 30.3 Å². The minimum atomic E-state index is -0.130. The molecule has 0 bridgehead atoms. The number of benzene rings is 1. The van der Waals surface area contributed by atoms with Gasteiger partial charge in [0.1, 0.15) is 0 Å². The molecule has 0 radical (unpaired) electrons. The number of hydrogen-bond donors (Lipinski definition) is 0. The Morgan fingerprint density at radius 2 is 1.77 bits per heavy atom. The highest BCUT2D eigenvalue weighted by atomic mass is 16.2. The van der Waals surface area contributed by atoms with E-state index in [2.05, 4.69) is 15.0 Å². The van der Waals surface area contributed by atoms with Crippen molar-refractivity contribution in [2.75, 3.05) is 0 Å². The van der Waals surface area contributed by atoms with Gasteiger partial charge in [0.05, 0.1) is 17.2 Å². The third kappa shape index (κ3) is 4.83. The largest absolute Gasteiger partial charge is 0.334 e. The average Bonchev–Trinajstić information content (AvgIpc) is 2.80. The molecule has 3 aromatic heterocycles. The number of para-hydroxylation sites is 1. The van der Waals surface area contributed by atoms with Crippen molar-refractivity contribution in [1.29, 1.82) is 0 Å². The molecule has 156 valence electrons. The summed E-state index contributed by atoms with van der Waals surface area (Å²) >= 11 is 0. The first-order valence-corrected chi connectivity index (χ1v) is 10.1. The molecule has 0 atom stereocenters. The summed E-state index contributed by atoms with van der Waals surface area (Å²) in [7, 11) is 0. The number of rotatable bonds is 7. The zero-order chi connectivity index (χ0) is 21.6. The number of hydrogen-bond acceptors (Lipinski definition) is 5. The van der Waals surface area contributed by atoms with Crippen LogP contribution >= 0.6 is 0 Å². The van der Waals surface area contributed by atoms with Crippen LogP contribution < -0.4 is 5.56 Å². The summed E-state index contributed by atoms with van der Waals surface area (Å²) in [6.45, 7) is 3.10. The zero-order valence-corrected chi connectivity index (χ0v) is 17.3. The van der Waals surface area contributed by atoms with Crippen LogP contribution in [0.3, 0.4) is 0 Å². The van der Waals surface area contributed by atoms with Gasteiger partial charge in [-0.3, -0.25) is 24.1 Å². The molecular weight excluding hydrogens is 390 g/mol. The fourth-order valence-electron chi connectivity index (χ4n) is 3.52. The number of amides is 1. The molecule has 0 saturated heterocycles. The van der Waals surface area contributed by atoms with Crippen molar-refractivity contribution in [2.24, 2.45) is 0 Å². The van der Waals surface area contributed by atoms with Gasteiger partial charge in [0, 0.05) is 50.8 Å². The number of aryl methyl sites for hydroxylation is 2. The van der Waals surface area contributed by atoms with E-state index in [1.54, 1.807) is 35.8 Å². The van der Waals surface area contributed by atoms with Gasteiger partial charge in [0.2, 0.25) is 5.91 Å². The Balaban J connectivity index is 1.52. The van der Waals surface area contributed by atoms with Crippen LogP contribution in [0.15, 0.2) is 78.4 Å². The summed E-state index contributed by atoms with van der Waals surface area (Å²) in [5.74, 6) is -0.0445. The summed E-state index contributed by atoms with van der Waals surface area (Å²) in [5, 5.41) is 0.568. The maximum Gasteiger partial charge on any atom is 0.261 e. The van der Waals surface area contributed by atoms with Gasteiger partial charge in [-0.05, 0) is 47.9 Å². The van der Waals surface area contributed by atoms with Crippen LogP contribution in [0.1, 0.15) is 23.1 Å². The third-order valence-electron chi connectivity index (χ3n) is 5.19. The summed E-state index contributed by atoms with van der Waals surface area (Å²) in [4.78, 5) is 40.3. The van der Waals surface area contributed by atoms with Crippen molar-refractivity contribution in [1.82, 2.24) is 24.4 Å². The van der Waals surface area contributed by atoms with Crippen molar-refractivity contribution in [2.45, 2.75) is 33.0 Å². The lowest BCUT2D eigenvalue weighted by molar-refractivity contribution is -0.132. The van der Waals surface area contributed by atoms with Gasteiger partial charge in [0.15, 0.2) is 0 Å². The molecule has 7 nitrogen and oxygen atoms in total. The molecule has 4 aromatic rings. The minimum Gasteiger partial charge on any atom is -0.334 e. The van der Waals surface area contributed by atoms with Gasteiger partial charge < -0.3 is 4.90 Å². The standard InChI is InChI=1S/C24H23N5O2/c1-18-4-2-6-21-23(18)27-17-28(24(21)31)13-9-22(30)29(15-19-7-11-25-12-8-19)16-20-5-3-10-26-14-20/h2-8,10-12,14,17H,9,13,15-16H2,1H3. The predicted molar refractivity (Wildman–Crippen MR) is 118 cm³/mol. The van der Waals surface area contributed by atoms with E-state index >= 15 is 0 Å². The molecule has 0 saturated carbocycles. The summed E-state index contributed by atoms with van der Waals surface area (Å²) in [6.07, 6.45) is 8.62. The van der Waals surface area contributed by atoms with Crippen molar-refractivity contribution in [3.8, 4) is 0 Å². The molecule has 1 amide bonds. The molecule has 7 heteroatoms. The smallest absolute Gasteiger partial charge is 0.261 e. The van der Waals surface area contributed by atoms with Crippen LogP contribution in [-0.2, 0) is 24.4 Å². The molecule has 0 unspecified atom stereocenters. The van der Waals surface area contributed by atoms with Gasteiger partial charge in [-0.15, -0.1) is 0 Å². The normalized spacial score (nSPS) is 10.9. The average molecular weight is 413 g/mol. The molecule has 0 aliphatic heterocycles. The molecule has 1 aromatic carbocycles. The molecule has 0 spiro atoms. The molecule has 3 heterocycles. The lowest BCUT2D eigenvalue weighted by Gasteiger charge is -2.23. The monoisotopic (exact) mass is 413 g/mol. The first-order valence-electron chi connectivity index (χ1n) is 10.1. The SMILES string of the molecule is Cc1cccc2c(=O)n(CCC(=O)N(Cc3ccncc3)Cc3cccnc3)cnc12. The number of aromatic nitrogens is 4. The van der Waals surface area contributed by atoms with Crippen LogP contribution in [0.2, 0.25) is 0 Å². The van der Waals surface area contributed by atoms with E-state index < -0.39 is 0 Å². The highest BCUT2D eigenvalue weighted by molar-refractivity contribution is 5.80. The highest BCUT2D eigenvalue weighted by Crippen LogP contribution is 2.13. The molecule has 0 fully saturated rings. The van der Waals surface area contributed by atoms with E-state index in [0.717, 1.165) is 16.7 Å². The Labute approximate surface area is 180 Å². The summed E-state index contributed by atoms with van der Waals surface area (Å²) in [5.41, 5.74) is 3.47. The Kier molecular flexibility index (Phi) is 6.12. The Morgan fingerprint density at radius 3 is 2.55 bits per heavy atom. The predicted octanol–water partition coefficient (Wildman–Crippen LogP) is 3.11. The molecule has 0 N–H and O–H groups in total. The number of carbonyl (C=O) groups excluding carboxylic acids is 1. The molecule has 0 aliphatic rings. The van der Waals surface area contributed by atoms with Gasteiger partial charge in [-0.2, -0.15) is 0 Å². The van der Waals surface area contributed by atoms with E-state index in [4.69, 9.17) is 0 Å². The van der Waals surface area contributed by atoms with Gasteiger partial charge in [0.25, 0.3) is 5.56 Å². The number of carbonyl (C=O) groups is 1. The third-order valence-corrected chi connectivity index (χ3v) is 5.19. The summed E-state index contributed by atoms with van der Waals surface area (Å²) in [6, 6.07) is 13.1. The first kappa shape index (κ1) is 20.4. The van der Waals surface area contributed by atoms with E-state index in [9.17, 15) is 9.59 Å². The first-order chi connectivity index (χ1) is 15.1. The summed E-state index contributed by atoms with van der Waals surface area (Å²) < 4.78 is 1.51. The number of pyridine rings is 2. The second-order valence-electron chi connectivity index (χ2n) is 7.43. The second kappa shape index (κ2) is 9.30. The Bertz CT molecular complexity index is 1200. The zero-order valence-electron chi connectivity index (χ0n) is 17.3. The lowest BCUT2D eigenvalue weighted by Crippen LogP contribution is -2.32. The molecule has 0 aliphatic carbocycles. The fraction of sp³-hybridized carbons (Fsp3) is 0.208. The quantitative estimate of drug-likeness (QED) is 0.465. The topological polar surface area (TPSA) is 81.0 Å². The van der Waals surface area contributed by atoms with Crippen molar-refractivity contribution >= 4 is 16.8 Å². The van der Waals surface area contributed by atoms with Gasteiger partial charge >= 0.3 is 0 Å². The lowest BCUT2D eigenvalue weighted by atomic mass is 10.1. The minimum absolute atomic E-state index is 0.0445. The van der Waals surface area contributed by atoms with E-state index in [1.807, 2.05) is 43.3 Å². The van der Waals surface area contributed by atoms with E-state index in [1.165, 1.54) is 10.9 Å². The van der Waals surface area contributed by atoms with Crippen LogP contribution in [0.5, 0.6) is 0 Å². The maximum absolute atomic E-state index is 13.1. The van der Waals surface area contributed by atoms with Crippen LogP contribution in [0, 0.1) is 6.92 Å². The maximum atomic E-state index is 13.1. The number of nitrogens with zero attached hydrogens (tertiary/aromatic N) is 5. The van der Waals surface area contributed by atoms with Crippen molar-refractivity contribution in [3.63, 3.8) is 0 Å². The fourth-order valence-corrected chi connectivity index (χ4v) is 3.52. The van der Waals surface area contributed by atoms with E-state index in [-0.39, 0.29) is 24.4 Å². The molecule has 31 heavy (non-hydrogen) atoms. The highest BCUT2D eigenvalue weighted by Gasteiger charge is 2.16. The number of fused-ring (bicyclic) bond motifs is 1. The van der Waals surface area contributed by atoms with Crippen LogP contribution in [0.4, 0.5) is 0 Å². The van der Waals surface area contributed by atoms with E-state index in [0.29, 0.717) is 24.0 Å². The molecular formula is C24H23N5O2.